The zero-order chi connectivity index (χ0) is 21.3. The normalized spacial score (nSPS) is 12.1. The van der Waals surface area contributed by atoms with Crippen LogP contribution in [0.4, 0.5) is 0 Å². The minimum Gasteiger partial charge on any atom is -0.722 e. The Morgan fingerprint density at radius 1 is 0.586 bits per heavy atom. The van der Waals surface area contributed by atoms with E-state index in [0.717, 1.165) is 43.0 Å². The molecule has 6 heteroatoms. The summed E-state index contributed by atoms with van der Waals surface area (Å²) in [5.41, 5.74) is 2.19. The van der Waals surface area contributed by atoms with E-state index in [9.17, 15) is 0 Å². The molecule has 0 atom stereocenters. The molecule has 2 aromatic rings. The van der Waals surface area contributed by atoms with E-state index < -0.39 is 16.5 Å². The van der Waals surface area contributed by atoms with Gasteiger partial charge in [-0.2, -0.15) is 37.4 Å². The molecule has 2 aromatic carbocycles. The number of nitrogens with zero attached hydrogens (tertiary/aromatic N) is 4. The van der Waals surface area contributed by atoms with Crippen molar-refractivity contribution in [2.24, 2.45) is 0 Å². The van der Waals surface area contributed by atoms with Gasteiger partial charge in [-0.15, -0.1) is 24.3 Å². The quantitative estimate of drug-likeness (QED) is 0.192. The van der Waals surface area contributed by atoms with Gasteiger partial charge in [-0.3, -0.25) is 0 Å². The topological polar surface area (TPSA) is 56.4 Å². The van der Waals surface area contributed by atoms with Gasteiger partial charge in [0.1, 0.15) is 0 Å². The van der Waals surface area contributed by atoms with E-state index >= 15 is 0 Å². The van der Waals surface area contributed by atoms with E-state index in [2.05, 4.69) is 63.5 Å². The van der Waals surface area contributed by atoms with E-state index in [-0.39, 0.29) is 0 Å². The number of hydrogen-bond donors (Lipinski definition) is 0. The molecule has 0 N–H and O–H groups in total. The van der Waals surface area contributed by atoms with Crippen LogP contribution in [-0.4, -0.2) is 29.6 Å². The highest BCUT2D eigenvalue weighted by atomic mass is 28.3. The molecular formula is C23H34N4Si2-6. The van der Waals surface area contributed by atoms with Gasteiger partial charge >= 0.3 is 0 Å². The maximum atomic E-state index is 4.95. The second-order valence-electron chi connectivity index (χ2n) is 9.06. The first-order valence-corrected chi connectivity index (χ1v) is 17.2. The summed E-state index contributed by atoms with van der Waals surface area (Å²) in [7, 11) is -3.21. The molecule has 0 fully saturated rings. The van der Waals surface area contributed by atoms with Gasteiger partial charge in [0.05, 0.1) is 0 Å². The number of hydrogen-bond acceptors (Lipinski definition) is 0. The van der Waals surface area contributed by atoms with Gasteiger partial charge in [0.15, 0.2) is 0 Å². The van der Waals surface area contributed by atoms with Crippen LogP contribution in [0, 0.1) is 12.3 Å². The molecule has 29 heavy (non-hydrogen) atoms. The van der Waals surface area contributed by atoms with Crippen LogP contribution in [0.3, 0.4) is 0 Å². The molecule has 0 saturated carbocycles. The Labute approximate surface area is 180 Å². The van der Waals surface area contributed by atoms with Crippen LogP contribution in [0.1, 0.15) is 17.5 Å². The SMILES string of the molecule is C[Si](C)(C)[N-][C-]([N-]CCC[N-][C-]([N-][Si](C)(C)C)c1ccccc1)c1ccccc1. The lowest BCUT2D eigenvalue weighted by atomic mass is 10.1. The van der Waals surface area contributed by atoms with Crippen LogP contribution in [0.5, 0.6) is 0 Å². The standard InChI is InChI=1S/C23H34N4Si2/c1-28(2,3)26-22(20-14-9-7-10-15-20)24-18-13-19-25-23(27-29(4,5)6)21-16-11-8-12-17-21/h7-12,14-17H,13,18-19H2,1-6H3/q-6. The van der Waals surface area contributed by atoms with Crippen LogP contribution in [0.25, 0.3) is 20.6 Å². The molecule has 0 heterocycles. The average molecular weight is 423 g/mol. The summed E-state index contributed by atoms with van der Waals surface area (Å²) in [5.74, 6) is 0. The molecule has 2 rings (SSSR count). The van der Waals surface area contributed by atoms with Crippen molar-refractivity contribution in [2.75, 3.05) is 13.1 Å². The third-order valence-corrected chi connectivity index (χ3v) is 5.55. The van der Waals surface area contributed by atoms with E-state index in [4.69, 9.17) is 20.6 Å². The predicted octanol–water partition coefficient (Wildman–Crippen LogP) is 7.62. The van der Waals surface area contributed by atoms with Crippen LogP contribution in [0.15, 0.2) is 60.7 Å². The Hall–Kier alpha value is -1.55. The Kier molecular flexibility index (Phi) is 9.01. The van der Waals surface area contributed by atoms with Gasteiger partial charge < -0.3 is 32.9 Å². The van der Waals surface area contributed by atoms with Crippen LogP contribution in [-0.2, 0) is 0 Å². The van der Waals surface area contributed by atoms with Crippen molar-refractivity contribution in [1.29, 1.82) is 0 Å². The molecule has 0 bridgehead atoms. The molecule has 160 valence electrons. The Balaban J connectivity index is 1.87. The smallest absolute Gasteiger partial charge is 0.0750 e. The summed E-state index contributed by atoms with van der Waals surface area (Å²) < 4.78 is 0. The van der Waals surface area contributed by atoms with Crippen LogP contribution in [0.2, 0.25) is 39.3 Å². The molecule has 0 saturated heterocycles. The summed E-state index contributed by atoms with van der Waals surface area (Å²) in [6.07, 6.45) is 2.64. The summed E-state index contributed by atoms with van der Waals surface area (Å²) >= 11 is 0. The van der Waals surface area contributed by atoms with Crippen molar-refractivity contribution in [3.05, 3.63) is 105 Å². The third-order valence-electron chi connectivity index (χ3n) is 3.79. The molecule has 0 radical (unpaired) electrons. The second-order valence-corrected chi connectivity index (χ2v) is 18.2. The van der Waals surface area contributed by atoms with Crippen molar-refractivity contribution in [3.8, 4) is 0 Å². The summed E-state index contributed by atoms with van der Waals surface area (Å²) in [5, 5.41) is 9.63. The molecule has 0 unspecified atom stereocenters. The monoisotopic (exact) mass is 422 g/mol. The van der Waals surface area contributed by atoms with Gasteiger partial charge in [-0.25, -0.2) is 11.1 Å². The minimum absolute atomic E-state index is 0.719. The molecule has 0 aliphatic carbocycles. The molecule has 0 aliphatic heterocycles. The minimum atomic E-state index is -1.60. The zero-order valence-corrected chi connectivity index (χ0v) is 20.7. The molecule has 0 aromatic heterocycles. The highest BCUT2D eigenvalue weighted by molar-refractivity contribution is 6.81. The Morgan fingerprint density at radius 3 is 1.24 bits per heavy atom. The molecule has 0 amide bonds. The van der Waals surface area contributed by atoms with Gasteiger partial charge in [-0.05, 0) is 0 Å². The van der Waals surface area contributed by atoms with Gasteiger partial charge in [0.2, 0.25) is 0 Å². The highest BCUT2D eigenvalue weighted by Gasteiger charge is 1.97. The molecular weight excluding hydrogens is 388 g/mol. The van der Waals surface area contributed by atoms with Gasteiger partial charge in [-0.1, -0.05) is 74.3 Å². The van der Waals surface area contributed by atoms with E-state index in [1.165, 1.54) is 0 Å². The highest BCUT2D eigenvalue weighted by Crippen LogP contribution is 2.33. The van der Waals surface area contributed by atoms with Crippen molar-refractivity contribution in [2.45, 2.75) is 45.7 Å². The van der Waals surface area contributed by atoms with Crippen LogP contribution >= 0.6 is 0 Å². The Morgan fingerprint density at radius 2 is 0.931 bits per heavy atom. The lowest BCUT2D eigenvalue weighted by Crippen LogP contribution is -2.22. The predicted molar refractivity (Wildman–Crippen MR) is 132 cm³/mol. The van der Waals surface area contributed by atoms with Crippen LogP contribution < -0.4 is 0 Å². The van der Waals surface area contributed by atoms with Gasteiger partial charge in [0.25, 0.3) is 0 Å². The van der Waals surface area contributed by atoms with E-state index in [0.29, 0.717) is 0 Å². The first-order chi connectivity index (χ1) is 13.6. The van der Waals surface area contributed by atoms with E-state index in [1.54, 1.807) is 0 Å². The number of rotatable bonds is 12. The summed E-state index contributed by atoms with van der Waals surface area (Å²) in [4.78, 5) is 9.90. The lowest BCUT2D eigenvalue weighted by molar-refractivity contribution is 0.912. The molecule has 4 nitrogen and oxygen atoms in total. The van der Waals surface area contributed by atoms with Crippen molar-refractivity contribution in [1.82, 2.24) is 0 Å². The fourth-order valence-corrected chi connectivity index (χ4v) is 4.30. The maximum Gasteiger partial charge on any atom is -0.0750 e. The second kappa shape index (κ2) is 11.0. The third kappa shape index (κ3) is 9.67. The van der Waals surface area contributed by atoms with Crippen molar-refractivity contribution >= 4 is 16.5 Å². The fourth-order valence-electron chi connectivity index (χ4n) is 2.63. The first-order valence-electron chi connectivity index (χ1n) is 10.3. The first kappa shape index (κ1) is 23.7. The van der Waals surface area contributed by atoms with E-state index in [1.807, 2.05) is 36.4 Å². The lowest BCUT2D eigenvalue weighted by Gasteiger charge is -2.62. The molecule has 0 aliphatic rings. The molecule has 0 spiro atoms. The van der Waals surface area contributed by atoms with Gasteiger partial charge in [0, 0.05) is 0 Å². The van der Waals surface area contributed by atoms with Crippen molar-refractivity contribution < 1.29 is 0 Å². The summed E-state index contributed by atoms with van der Waals surface area (Å²) in [6, 6.07) is 20.6. The Bertz CT molecular complexity index is 635. The average Bonchev–Trinajstić information content (AvgIpc) is 2.65. The number of benzene rings is 2. The maximum absolute atomic E-state index is 4.95. The fraction of sp³-hybridized carbons (Fsp3) is 0.391. The largest absolute Gasteiger partial charge is 0.722 e. The summed E-state index contributed by atoms with van der Waals surface area (Å²) in [6.45, 7) is 14.9. The van der Waals surface area contributed by atoms with Crippen molar-refractivity contribution in [3.63, 3.8) is 0 Å². The zero-order valence-electron chi connectivity index (χ0n) is 18.7.